The summed E-state index contributed by atoms with van der Waals surface area (Å²) in [6, 6.07) is 0. The summed E-state index contributed by atoms with van der Waals surface area (Å²) >= 11 is 0. The molecule has 0 bridgehead atoms. The Bertz CT molecular complexity index is 503. The van der Waals surface area contributed by atoms with Crippen molar-refractivity contribution >= 4 is 11.9 Å². The summed E-state index contributed by atoms with van der Waals surface area (Å²) in [7, 11) is 3.00. The number of aromatic nitrogens is 1. The van der Waals surface area contributed by atoms with E-state index < -0.39 is 5.54 Å². The van der Waals surface area contributed by atoms with Crippen molar-refractivity contribution in [2.24, 2.45) is 0 Å². The SMILES string of the molecule is COC(=O)C1(N(C)C(=O)c2ncoc2C)CCCCC1. The average molecular weight is 280 g/mol. The highest BCUT2D eigenvalue weighted by molar-refractivity contribution is 5.97. The van der Waals surface area contributed by atoms with Gasteiger partial charge in [-0.05, 0) is 19.8 Å². The van der Waals surface area contributed by atoms with Crippen molar-refractivity contribution in [3.63, 3.8) is 0 Å². The minimum Gasteiger partial charge on any atom is -0.467 e. The molecule has 0 atom stereocenters. The second-order valence-electron chi connectivity index (χ2n) is 5.21. The summed E-state index contributed by atoms with van der Waals surface area (Å²) in [5, 5.41) is 0. The molecule has 6 heteroatoms. The van der Waals surface area contributed by atoms with Crippen LogP contribution >= 0.6 is 0 Å². The van der Waals surface area contributed by atoms with Gasteiger partial charge in [0.15, 0.2) is 12.1 Å². The van der Waals surface area contributed by atoms with Crippen LogP contribution in [-0.2, 0) is 9.53 Å². The number of carbonyl (C=O) groups excluding carboxylic acids is 2. The number of hydrogen-bond donors (Lipinski definition) is 0. The number of oxazole rings is 1. The van der Waals surface area contributed by atoms with Crippen molar-refractivity contribution in [1.82, 2.24) is 9.88 Å². The molecule has 2 rings (SSSR count). The molecular weight excluding hydrogens is 260 g/mol. The van der Waals surface area contributed by atoms with Crippen LogP contribution in [0.5, 0.6) is 0 Å². The first-order valence-corrected chi connectivity index (χ1v) is 6.79. The molecule has 1 fully saturated rings. The largest absolute Gasteiger partial charge is 0.467 e. The Hall–Kier alpha value is -1.85. The zero-order valence-electron chi connectivity index (χ0n) is 12.1. The van der Waals surface area contributed by atoms with Gasteiger partial charge in [0.1, 0.15) is 11.3 Å². The first kappa shape index (κ1) is 14.6. The third-order valence-electron chi connectivity index (χ3n) is 4.14. The standard InChI is InChI=1S/C14H20N2O4/c1-10-11(15-9-20-10)12(17)16(2)14(13(18)19-3)7-5-4-6-8-14/h9H,4-8H2,1-3H3. The Balaban J connectivity index is 2.31. The molecule has 0 N–H and O–H groups in total. The van der Waals surface area contributed by atoms with Crippen molar-refractivity contribution in [1.29, 1.82) is 0 Å². The molecule has 0 aromatic carbocycles. The third kappa shape index (κ3) is 2.30. The maximum atomic E-state index is 12.5. The molecule has 0 saturated heterocycles. The zero-order chi connectivity index (χ0) is 14.8. The predicted octanol–water partition coefficient (Wildman–Crippen LogP) is 1.93. The van der Waals surface area contributed by atoms with Crippen LogP contribution in [0.4, 0.5) is 0 Å². The van der Waals surface area contributed by atoms with Gasteiger partial charge in [-0.15, -0.1) is 0 Å². The lowest BCUT2D eigenvalue weighted by Crippen LogP contribution is -2.57. The molecule has 6 nitrogen and oxygen atoms in total. The van der Waals surface area contributed by atoms with Crippen molar-refractivity contribution < 1.29 is 18.7 Å². The monoisotopic (exact) mass is 280 g/mol. The molecule has 0 aliphatic heterocycles. The fourth-order valence-corrected chi connectivity index (χ4v) is 2.87. The van der Waals surface area contributed by atoms with Gasteiger partial charge in [0.05, 0.1) is 7.11 Å². The Morgan fingerprint density at radius 3 is 2.50 bits per heavy atom. The second kappa shape index (κ2) is 5.64. The summed E-state index contributed by atoms with van der Waals surface area (Å²) < 4.78 is 10.0. The molecule has 1 aliphatic rings. The van der Waals surface area contributed by atoms with Crippen LogP contribution in [0.2, 0.25) is 0 Å². The Morgan fingerprint density at radius 2 is 2.00 bits per heavy atom. The van der Waals surface area contributed by atoms with Gasteiger partial charge in [0, 0.05) is 7.05 Å². The van der Waals surface area contributed by atoms with E-state index in [0.29, 0.717) is 18.6 Å². The average Bonchev–Trinajstić information content (AvgIpc) is 2.91. The molecule has 110 valence electrons. The lowest BCUT2D eigenvalue weighted by atomic mass is 9.80. The summed E-state index contributed by atoms with van der Waals surface area (Å²) in [5.41, 5.74) is -0.628. The maximum absolute atomic E-state index is 12.5. The fourth-order valence-electron chi connectivity index (χ4n) is 2.87. The quantitative estimate of drug-likeness (QED) is 0.791. The predicted molar refractivity (Wildman–Crippen MR) is 71.2 cm³/mol. The van der Waals surface area contributed by atoms with Gasteiger partial charge in [0.2, 0.25) is 0 Å². The van der Waals surface area contributed by atoms with E-state index in [1.54, 1.807) is 14.0 Å². The number of rotatable bonds is 3. The van der Waals surface area contributed by atoms with E-state index in [2.05, 4.69) is 4.98 Å². The van der Waals surface area contributed by atoms with E-state index in [0.717, 1.165) is 19.3 Å². The molecule has 1 saturated carbocycles. The van der Waals surface area contributed by atoms with Gasteiger partial charge in [0.25, 0.3) is 5.91 Å². The zero-order valence-corrected chi connectivity index (χ0v) is 12.1. The fraction of sp³-hybridized carbons (Fsp3) is 0.643. The van der Waals surface area contributed by atoms with Gasteiger partial charge in [-0.1, -0.05) is 19.3 Å². The van der Waals surface area contributed by atoms with Gasteiger partial charge in [-0.25, -0.2) is 9.78 Å². The van der Waals surface area contributed by atoms with Crippen molar-refractivity contribution in [2.45, 2.75) is 44.6 Å². The number of nitrogens with zero attached hydrogens (tertiary/aromatic N) is 2. The first-order valence-electron chi connectivity index (χ1n) is 6.79. The number of carbonyl (C=O) groups is 2. The maximum Gasteiger partial charge on any atom is 0.331 e. The minimum atomic E-state index is -0.879. The molecule has 1 aromatic rings. The van der Waals surface area contributed by atoms with Gasteiger partial charge in [-0.3, -0.25) is 4.79 Å². The highest BCUT2D eigenvalue weighted by Gasteiger charge is 2.47. The number of hydrogen-bond acceptors (Lipinski definition) is 5. The molecule has 1 heterocycles. The number of esters is 1. The van der Waals surface area contributed by atoms with E-state index in [4.69, 9.17) is 9.15 Å². The Kier molecular flexibility index (Phi) is 4.11. The van der Waals surface area contributed by atoms with Gasteiger partial charge >= 0.3 is 5.97 Å². The normalized spacial score (nSPS) is 17.6. The molecule has 1 aromatic heterocycles. The van der Waals surface area contributed by atoms with Crippen LogP contribution in [0.15, 0.2) is 10.8 Å². The summed E-state index contributed by atoms with van der Waals surface area (Å²) in [5.74, 6) is -0.199. The van der Waals surface area contributed by atoms with E-state index in [1.807, 2.05) is 0 Å². The molecule has 0 spiro atoms. The number of aryl methyl sites for hydroxylation is 1. The lowest BCUT2D eigenvalue weighted by molar-refractivity contribution is -0.155. The van der Waals surface area contributed by atoms with Crippen LogP contribution < -0.4 is 0 Å². The summed E-state index contributed by atoms with van der Waals surface area (Å²) in [6.07, 6.45) is 5.37. The molecule has 20 heavy (non-hydrogen) atoms. The Morgan fingerprint density at radius 1 is 1.35 bits per heavy atom. The molecule has 0 radical (unpaired) electrons. The van der Waals surface area contributed by atoms with Crippen molar-refractivity contribution in [3.8, 4) is 0 Å². The molecule has 1 aliphatic carbocycles. The second-order valence-corrected chi connectivity index (χ2v) is 5.21. The third-order valence-corrected chi connectivity index (χ3v) is 4.14. The van der Waals surface area contributed by atoms with E-state index >= 15 is 0 Å². The molecule has 0 unspecified atom stereocenters. The highest BCUT2D eigenvalue weighted by atomic mass is 16.5. The number of ether oxygens (including phenoxy) is 1. The summed E-state index contributed by atoms with van der Waals surface area (Å²) in [4.78, 5) is 30.2. The number of likely N-dealkylation sites (N-methyl/N-ethyl adjacent to an activating group) is 1. The van der Waals surface area contributed by atoms with Crippen LogP contribution in [0.25, 0.3) is 0 Å². The summed E-state index contributed by atoms with van der Waals surface area (Å²) in [6.45, 7) is 1.68. The number of methoxy groups -OCH3 is 1. The van der Waals surface area contributed by atoms with Gasteiger partial charge < -0.3 is 14.1 Å². The highest BCUT2D eigenvalue weighted by Crippen LogP contribution is 2.35. The topological polar surface area (TPSA) is 72.6 Å². The van der Waals surface area contributed by atoms with E-state index in [-0.39, 0.29) is 17.6 Å². The minimum absolute atomic E-state index is 0.251. The van der Waals surface area contributed by atoms with Crippen molar-refractivity contribution in [2.75, 3.05) is 14.2 Å². The van der Waals surface area contributed by atoms with Crippen LogP contribution in [0.3, 0.4) is 0 Å². The van der Waals surface area contributed by atoms with Crippen LogP contribution in [0, 0.1) is 6.92 Å². The molecular formula is C14H20N2O4. The smallest absolute Gasteiger partial charge is 0.331 e. The lowest BCUT2D eigenvalue weighted by Gasteiger charge is -2.41. The van der Waals surface area contributed by atoms with Crippen LogP contribution in [0.1, 0.15) is 48.4 Å². The Labute approximate surface area is 118 Å². The number of amides is 1. The molecule has 1 amide bonds. The van der Waals surface area contributed by atoms with E-state index in [9.17, 15) is 9.59 Å². The first-order chi connectivity index (χ1) is 9.53. The van der Waals surface area contributed by atoms with E-state index in [1.165, 1.54) is 18.4 Å². The van der Waals surface area contributed by atoms with Crippen LogP contribution in [-0.4, -0.2) is 41.5 Å². The van der Waals surface area contributed by atoms with Gasteiger partial charge in [-0.2, -0.15) is 0 Å². The van der Waals surface area contributed by atoms with Crippen molar-refractivity contribution in [3.05, 3.63) is 17.8 Å².